The van der Waals surface area contributed by atoms with Crippen LogP contribution in [0.25, 0.3) is 12.2 Å². The number of carbonyl (C=O) groups excluding carboxylic acids is 1. The summed E-state index contributed by atoms with van der Waals surface area (Å²) in [5.41, 5.74) is 0.630. The molecule has 1 aromatic heterocycles. The maximum absolute atomic E-state index is 11.3. The van der Waals surface area contributed by atoms with Gasteiger partial charge in [-0.3, -0.25) is 9.59 Å². The smallest absolute Gasteiger partial charge is 0.317 e. The molecule has 0 fully saturated rings. The second kappa shape index (κ2) is 12.3. The average Bonchev–Trinajstić information content (AvgIpc) is 2.73. The van der Waals surface area contributed by atoms with E-state index in [2.05, 4.69) is 15.0 Å². The summed E-state index contributed by atoms with van der Waals surface area (Å²) in [5, 5.41) is 8.55. The molecule has 0 spiro atoms. The lowest BCUT2D eigenvalue weighted by molar-refractivity contribution is -0.151. The lowest BCUT2D eigenvalue weighted by atomic mass is 10.2. The van der Waals surface area contributed by atoms with Crippen molar-refractivity contribution in [3.63, 3.8) is 0 Å². The Morgan fingerprint density at radius 2 is 1.56 bits per heavy atom. The average molecular weight is 594 g/mol. The van der Waals surface area contributed by atoms with Gasteiger partial charge in [0.15, 0.2) is 29.0 Å². The summed E-state index contributed by atoms with van der Waals surface area (Å²) in [6, 6.07) is 4.97. The second-order valence-electron chi connectivity index (χ2n) is 6.22. The molecule has 0 aliphatic carbocycles. The number of esters is 1. The maximum atomic E-state index is 11.3. The molecule has 1 heterocycles. The largest absolute Gasteiger partial charge is 0.493 e. The fourth-order valence-corrected chi connectivity index (χ4v) is 2.79. The predicted octanol–water partition coefficient (Wildman–Crippen LogP) is 5.10. The maximum Gasteiger partial charge on any atom is 0.317 e. The molecule has 0 amide bonds. The van der Waals surface area contributed by atoms with Crippen LogP contribution in [0.2, 0.25) is 0 Å². The van der Waals surface area contributed by atoms with Gasteiger partial charge in [0.1, 0.15) is 19.6 Å². The number of benzene rings is 1. The molecule has 0 saturated heterocycles. The summed E-state index contributed by atoms with van der Waals surface area (Å²) in [4.78, 5) is 33.8. The Hall–Kier alpha value is -1.75. The standard InChI is InChI=1S/C19H15Cl6N3O6/c1-32-11-4-2-10(8-12(11)33-6-7-34-15(31)9-14(29)30)3-5-13-26-16(18(20,21)22)28-17(27-13)19(23,24)25/h2-5,8H,6-7,9H2,1H3,(H,29,30). The van der Waals surface area contributed by atoms with Crippen molar-refractivity contribution in [2.24, 2.45) is 0 Å². The molecular weight excluding hydrogens is 579 g/mol. The Balaban J connectivity index is 2.20. The highest BCUT2D eigenvalue weighted by atomic mass is 35.6. The molecular formula is C19H15Cl6N3O6. The molecule has 0 bridgehead atoms. The van der Waals surface area contributed by atoms with Crippen LogP contribution in [0.5, 0.6) is 11.5 Å². The van der Waals surface area contributed by atoms with Crippen LogP contribution in [0.4, 0.5) is 0 Å². The van der Waals surface area contributed by atoms with Gasteiger partial charge in [-0.1, -0.05) is 81.7 Å². The number of alkyl halides is 6. The van der Waals surface area contributed by atoms with E-state index in [0.29, 0.717) is 17.1 Å². The van der Waals surface area contributed by atoms with Crippen LogP contribution in [-0.4, -0.2) is 52.3 Å². The van der Waals surface area contributed by atoms with Gasteiger partial charge in [-0.25, -0.2) is 15.0 Å². The van der Waals surface area contributed by atoms with E-state index < -0.39 is 25.9 Å². The number of nitrogens with zero attached hydrogens (tertiary/aromatic N) is 3. The first-order valence-electron chi connectivity index (χ1n) is 9.06. The van der Waals surface area contributed by atoms with Crippen LogP contribution in [0.3, 0.4) is 0 Å². The van der Waals surface area contributed by atoms with Crippen molar-refractivity contribution < 1.29 is 28.9 Å². The molecule has 0 unspecified atom stereocenters. The summed E-state index contributed by atoms with van der Waals surface area (Å²) >= 11 is 35.2. The number of carboxylic acid groups (broad SMARTS) is 1. The highest BCUT2D eigenvalue weighted by Crippen LogP contribution is 2.40. The number of aromatic nitrogens is 3. The second-order valence-corrected chi connectivity index (χ2v) is 10.8. The van der Waals surface area contributed by atoms with Gasteiger partial charge in [0.2, 0.25) is 7.59 Å². The Bertz CT molecular complexity index is 1040. The third-order valence-corrected chi connectivity index (χ3v) is 4.69. The van der Waals surface area contributed by atoms with E-state index in [4.69, 9.17) is 88.9 Å². The van der Waals surface area contributed by atoms with E-state index in [1.165, 1.54) is 13.2 Å². The molecule has 1 N–H and O–H groups in total. The summed E-state index contributed by atoms with van der Waals surface area (Å²) in [6.07, 6.45) is 2.35. The van der Waals surface area contributed by atoms with Gasteiger partial charge in [-0.05, 0) is 23.8 Å². The summed E-state index contributed by atoms with van der Waals surface area (Å²) < 4.78 is 11.6. The van der Waals surface area contributed by atoms with Gasteiger partial charge in [0.05, 0.1) is 7.11 Å². The molecule has 0 saturated carbocycles. The molecule has 0 aliphatic heterocycles. The van der Waals surface area contributed by atoms with E-state index >= 15 is 0 Å². The van der Waals surface area contributed by atoms with Crippen molar-refractivity contribution in [3.05, 3.63) is 41.2 Å². The monoisotopic (exact) mass is 591 g/mol. The minimum atomic E-state index is -1.98. The number of ether oxygens (including phenoxy) is 3. The third kappa shape index (κ3) is 9.13. The number of aliphatic carboxylic acids is 1. The minimum Gasteiger partial charge on any atom is -0.493 e. The highest BCUT2D eigenvalue weighted by molar-refractivity contribution is 6.67. The van der Waals surface area contributed by atoms with E-state index in [1.54, 1.807) is 24.3 Å². The van der Waals surface area contributed by atoms with Crippen LogP contribution in [-0.2, 0) is 21.9 Å². The van der Waals surface area contributed by atoms with Gasteiger partial charge < -0.3 is 19.3 Å². The van der Waals surface area contributed by atoms with Crippen molar-refractivity contribution in [3.8, 4) is 11.5 Å². The number of carboxylic acids is 1. The number of hydrogen-bond donors (Lipinski definition) is 1. The van der Waals surface area contributed by atoms with E-state index in [9.17, 15) is 9.59 Å². The first kappa shape index (κ1) is 28.5. The molecule has 0 aliphatic rings. The molecule has 2 aromatic rings. The van der Waals surface area contributed by atoms with Gasteiger partial charge in [-0.2, -0.15) is 0 Å². The van der Waals surface area contributed by atoms with Crippen LogP contribution >= 0.6 is 69.6 Å². The summed E-state index contributed by atoms with van der Waals surface area (Å²) in [7, 11) is 1.45. The van der Waals surface area contributed by atoms with Crippen LogP contribution in [0.1, 0.15) is 29.5 Å². The predicted molar refractivity (Wildman–Crippen MR) is 129 cm³/mol. The summed E-state index contributed by atoms with van der Waals surface area (Å²) in [6.45, 7) is -0.193. The topological polar surface area (TPSA) is 121 Å². The normalized spacial score (nSPS) is 12.0. The molecule has 34 heavy (non-hydrogen) atoms. The van der Waals surface area contributed by atoms with Gasteiger partial charge in [0.25, 0.3) is 0 Å². The molecule has 184 valence electrons. The molecule has 15 heteroatoms. The van der Waals surface area contributed by atoms with Crippen LogP contribution < -0.4 is 9.47 Å². The van der Waals surface area contributed by atoms with Gasteiger partial charge >= 0.3 is 11.9 Å². The molecule has 0 atom stereocenters. The zero-order chi connectivity index (χ0) is 25.5. The Labute approximate surface area is 223 Å². The number of carbonyl (C=O) groups is 2. The zero-order valence-corrected chi connectivity index (χ0v) is 21.6. The number of halogens is 6. The quantitative estimate of drug-likeness (QED) is 0.183. The highest BCUT2D eigenvalue weighted by Gasteiger charge is 2.33. The van der Waals surface area contributed by atoms with Crippen molar-refractivity contribution >= 4 is 93.7 Å². The molecule has 1 aromatic carbocycles. The Morgan fingerprint density at radius 1 is 0.941 bits per heavy atom. The van der Waals surface area contributed by atoms with E-state index in [-0.39, 0.29) is 30.7 Å². The summed E-state index contributed by atoms with van der Waals surface area (Å²) in [5.74, 6) is -1.83. The fraction of sp³-hybridized carbons (Fsp3) is 0.316. The molecule has 2 rings (SSSR count). The number of hydrogen-bond acceptors (Lipinski definition) is 8. The first-order valence-corrected chi connectivity index (χ1v) is 11.3. The van der Waals surface area contributed by atoms with Crippen molar-refractivity contribution in [2.45, 2.75) is 14.0 Å². The zero-order valence-electron chi connectivity index (χ0n) is 17.1. The Kier molecular flexibility index (Phi) is 10.3. The fourth-order valence-electron chi connectivity index (χ4n) is 2.28. The van der Waals surface area contributed by atoms with Crippen molar-refractivity contribution in [1.82, 2.24) is 15.0 Å². The van der Waals surface area contributed by atoms with E-state index in [0.717, 1.165) is 0 Å². The molecule has 0 radical (unpaired) electrons. The van der Waals surface area contributed by atoms with Crippen molar-refractivity contribution in [2.75, 3.05) is 20.3 Å². The first-order chi connectivity index (χ1) is 15.8. The van der Waals surface area contributed by atoms with Crippen LogP contribution in [0.15, 0.2) is 18.2 Å². The lowest BCUT2D eigenvalue weighted by Gasteiger charge is -2.14. The Morgan fingerprint density at radius 3 is 2.09 bits per heavy atom. The van der Waals surface area contributed by atoms with E-state index in [1.807, 2.05) is 0 Å². The SMILES string of the molecule is COc1ccc(C=Cc2nc(C(Cl)(Cl)Cl)nc(C(Cl)(Cl)Cl)n2)cc1OCCOC(=O)CC(=O)O. The third-order valence-electron chi connectivity index (χ3n) is 3.67. The number of methoxy groups -OCH3 is 1. The van der Waals surface area contributed by atoms with Gasteiger partial charge in [0, 0.05) is 0 Å². The lowest BCUT2D eigenvalue weighted by Crippen LogP contribution is -2.16. The van der Waals surface area contributed by atoms with Gasteiger partial charge in [-0.15, -0.1) is 0 Å². The minimum absolute atomic E-state index is 0.0401. The van der Waals surface area contributed by atoms with Crippen molar-refractivity contribution in [1.29, 1.82) is 0 Å². The number of rotatable bonds is 9. The molecule has 9 nitrogen and oxygen atoms in total. The van der Waals surface area contributed by atoms with Crippen LogP contribution in [0, 0.1) is 0 Å².